The maximum absolute atomic E-state index is 13.0. The van der Waals surface area contributed by atoms with Crippen LogP contribution in [0.15, 0.2) is 58.6 Å². The van der Waals surface area contributed by atoms with E-state index >= 15 is 0 Å². The van der Waals surface area contributed by atoms with Gasteiger partial charge in [0.15, 0.2) is 12.6 Å². The Morgan fingerprint density at radius 3 is 2.00 bits per heavy atom. The fraction of sp³-hybridized carbons (Fsp3) is 0.125. The minimum absolute atomic E-state index is 0. The van der Waals surface area contributed by atoms with Gasteiger partial charge in [-0.05, 0) is 96.3 Å². The van der Waals surface area contributed by atoms with E-state index in [1.807, 2.05) is 0 Å². The quantitative estimate of drug-likeness (QED) is 0.160. The van der Waals surface area contributed by atoms with Gasteiger partial charge in [0, 0.05) is 11.3 Å². The van der Waals surface area contributed by atoms with Gasteiger partial charge < -0.3 is 14.4 Å². The first-order valence-corrected chi connectivity index (χ1v) is 13.3. The molecule has 1 heterocycles. The van der Waals surface area contributed by atoms with Crippen LogP contribution in [0.1, 0.15) is 0 Å². The summed E-state index contributed by atoms with van der Waals surface area (Å²) >= 11 is 8.93. The van der Waals surface area contributed by atoms with Crippen molar-refractivity contribution in [2.75, 3.05) is 6.79 Å². The fourth-order valence-electron chi connectivity index (χ4n) is 2.50. The predicted octanol–water partition coefficient (Wildman–Crippen LogP) is -0.259. The number of sulfone groups is 1. The Labute approximate surface area is 230 Å². The first kappa shape index (κ1) is 27.9. The number of hydrogen-bond acceptors (Lipinski definition) is 9. The molecule has 0 unspecified atom stereocenters. The van der Waals surface area contributed by atoms with Crippen LogP contribution in [0, 0.1) is 0 Å². The van der Waals surface area contributed by atoms with Crippen LogP contribution in [-0.4, -0.2) is 49.5 Å². The molecule has 3 rings (SSSR count). The number of alkyl halides is 3. The van der Waals surface area contributed by atoms with Gasteiger partial charge in [0.25, 0.3) is 5.16 Å². The maximum Gasteiger partial charge on any atom is 1.00 e. The molecule has 0 bridgehead atoms. The molecule has 0 aliphatic heterocycles. The van der Waals surface area contributed by atoms with Gasteiger partial charge in [-0.15, -0.1) is 10.2 Å². The largest absolute Gasteiger partial charge is 1.00 e. The Morgan fingerprint density at radius 1 is 0.969 bits per heavy atom. The number of aromatic nitrogens is 3. The molecule has 0 radical (unpaired) electrons. The molecule has 0 fully saturated rings. The summed E-state index contributed by atoms with van der Waals surface area (Å²) in [5, 5.41) is 16.2. The first-order valence-electron chi connectivity index (χ1n) is 8.03. The summed E-state index contributed by atoms with van der Waals surface area (Å²) in [4.78, 5) is -0.475. The van der Waals surface area contributed by atoms with Crippen LogP contribution in [-0.2, 0) is 20.0 Å². The van der Waals surface area contributed by atoms with E-state index in [4.69, 9.17) is 9.84 Å². The van der Waals surface area contributed by atoms with Crippen LogP contribution < -0.4 is 34.3 Å². The van der Waals surface area contributed by atoms with Crippen molar-refractivity contribution >= 4 is 67.7 Å². The van der Waals surface area contributed by atoms with Crippen LogP contribution in [0.4, 0.5) is 0 Å². The molecular formula is C16H11Br3N3NaO7S2. The van der Waals surface area contributed by atoms with Crippen LogP contribution in [0.5, 0.6) is 5.75 Å². The summed E-state index contributed by atoms with van der Waals surface area (Å²) in [6.07, 6.45) is 0. The molecule has 0 aliphatic rings. The van der Waals surface area contributed by atoms with Gasteiger partial charge in [-0.3, -0.25) is 4.57 Å². The molecule has 0 aliphatic carbocycles. The van der Waals surface area contributed by atoms with Gasteiger partial charge in [0.05, 0.1) is 4.90 Å². The average molecular weight is 684 g/mol. The monoisotopic (exact) mass is 681 g/mol. The zero-order valence-corrected chi connectivity index (χ0v) is 24.4. The smallest absolute Gasteiger partial charge is 0.744 e. The zero-order chi connectivity index (χ0) is 23.0. The summed E-state index contributed by atoms with van der Waals surface area (Å²) in [6, 6.07) is 10.9. The molecule has 0 saturated carbocycles. The number of rotatable bonds is 6. The number of nitrogens with zero attached hydrogens (tertiary/aromatic N) is 3. The van der Waals surface area contributed by atoms with E-state index in [0.29, 0.717) is 11.3 Å². The van der Waals surface area contributed by atoms with Gasteiger partial charge >= 0.3 is 29.6 Å². The van der Waals surface area contributed by atoms with E-state index in [2.05, 4.69) is 58.0 Å². The molecule has 0 atom stereocenters. The van der Waals surface area contributed by atoms with Crippen molar-refractivity contribution in [3.05, 3.63) is 48.5 Å². The molecule has 32 heavy (non-hydrogen) atoms. The Bertz CT molecular complexity index is 1310. The predicted molar refractivity (Wildman–Crippen MR) is 119 cm³/mol. The minimum atomic E-state index is -4.69. The number of ether oxygens (including phenoxy) is 1. The Morgan fingerprint density at radius 2 is 1.53 bits per heavy atom. The van der Waals surface area contributed by atoms with Crippen molar-refractivity contribution in [2.24, 2.45) is 0 Å². The van der Waals surface area contributed by atoms with Crippen molar-refractivity contribution in [2.45, 2.75) is 11.5 Å². The molecule has 16 heteroatoms. The molecule has 0 amide bonds. The molecular weight excluding hydrogens is 673 g/mol. The summed E-state index contributed by atoms with van der Waals surface area (Å²) < 4.78 is 64.1. The van der Waals surface area contributed by atoms with E-state index in [0.717, 1.165) is 12.1 Å². The summed E-state index contributed by atoms with van der Waals surface area (Å²) in [5.74, 6) is 0.485. The number of halogens is 3. The normalized spacial score (nSPS) is 12.3. The van der Waals surface area contributed by atoms with E-state index in [-0.39, 0.29) is 41.1 Å². The molecule has 1 N–H and O–H groups in total. The molecule has 2 aromatic carbocycles. The van der Waals surface area contributed by atoms with Crippen molar-refractivity contribution in [3.63, 3.8) is 0 Å². The second-order valence-electron chi connectivity index (χ2n) is 5.84. The maximum atomic E-state index is 13.0. The summed E-state index contributed by atoms with van der Waals surface area (Å²) in [6.45, 7) is -0.517. The molecule has 0 spiro atoms. The Hall–Kier alpha value is -0.360. The van der Waals surface area contributed by atoms with E-state index in [1.54, 1.807) is 12.1 Å². The van der Waals surface area contributed by atoms with Crippen molar-refractivity contribution < 1.29 is 60.8 Å². The van der Waals surface area contributed by atoms with E-state index in [1.165, 1.54) is 28.8 Å². The fourth-order valence-corrected chi connectivity index (χ4v) is 5.06. The summed E-state index contributed by atoms with van der Waals surface area (Å²) in [5.41, 5.74) is 0.641. The number of aliphatic hydroxyl groups excluding tert-OH is 1. The van der Waals surface area contributed by atoms with E-state index in [9.17, 15) is 21.4 Å². The molecule has 3 aromatic rings. The molecule has 10 nitrogen and oxygen atoms in total. The van der Waals surface area contributed by atoms with Crippen molar-refractivity contribution in [1.29, 1.82) is 0 Å². The molecule has 0 saturated heterocycles. The third-order valence-electron chi connectivity index (χ3n) is 3.91. The second-order valence-corrected chi connectivity index (χ2v) is 17.5. The van der Waals surface area contributed by atoms with Crippen LogP contribution in [0.2, 0.25) is 0 Å². The van der Waals surface area contributed by atoms with Gasteiger partial charge in [-0.25, -0.2) is 16.8 Å². The second kappa shape index (κ2) is 10.5. The third kappa shape index (κ3) is 5.82. The van der Waals surface area contributed by atoms with Gasteiger partial charge in [0.2, 0.25) is 11.3 Å². The van der Waals surface area contributed by atoms with Crippen molar-refractivity contribution in [1.82, 2.24) is 14.8 Å². The number of hydrogen-bond donors (Lipinski definition) is 1. The minimum Gasteiger partial charge on any atom is -0.744 e. The third-order valence-corrected chi connectivity index (χ3v) is 9.95. The standard InChI is InChI=1S/C16H12Br3N3O7S2.Na/c17-16(18,19)30(24,25)15-21-20-14(10-1-5-12(6-2-10)29-9-23)22(15)11-3-7-13(8-4-11)31(26,27)28;/h1-8,23H,9H2,(H,26,27,28);/q;+1/p-1. The van der Waals surface area contributed by atoms with Crippen LogP contribution >= 0.6 is 47.8 Å². The van der Waals surface area contributed by atoms with Crippen LogP contribution in [0.3, 0.4) is 0 Å². The van der Waals surface area contributed by atoms with Gasteiger partial charge in [-0.1, -0.05) is 0 Å². The van der Waals surface area contributed by atoms with E-state index < -0.39 is 38.3 Å². The number of benzene rings is 2. The van der Waals surface area contributed by atoms with Gasteiger partial charge in [0.1, 0.15) is 15.9 Å². The zero-order valence-electron chi connectivity index (χ0n) is 16.0. The number of aliphatic hydroxyl groups is 1. The molecule has 1 aromatic heterocycles. The first-order chi connectivity index (χ1) is 14.4. The Kier molecular flexibility index (Phi) is 9.15. The topological polar surface area (TPSA) is 152 Å². The van der Waals surface area contributed by atoms with Crippen molar-refractivity contribution in [3.8, 4) is 22.8 Å². The Balaban J connectivity index is 0.00000363. The average Bonchev–Trinajstić information content (AvgIpc) is 3.13. The van der Waals surface area contributed by atoms with Crippen LogP contribution in [0.25, 0.3) is 17.1 Å². The summed E-state index contributed by atoms with van der Waals surface area (Å²) in [7, 11) is -8.88. The SMILES string of the molecule is O=S(=O)([O-])c1ccc(-n2c(-c3ccc(OCO)cc3)nnc2S(=O)(=O)C(Br)(Br)Br)cc1.[Na+]. The van der Waals surface area contributed by atoms with Gasteiger partial charge in [-0.2, -0.15) is 0 Å². The molecule has 166 valence electrons.